The van der Waals surface area contributed by atoms with Gasteiger partial charge in [0.15, 0.2) is 0 Å². The summed E-state index contributed by atoms with van der Waals surface area (Å²) in [7, 11) is 0. The molecular weight excluding hydrogens is 532 g/mol. The molecule has 3 unspecified atom stereocenters. The van der Waals surface area contributed by atoms with Gasteiger partial charge in [0.05, 0.1) is 24.0 Å². The lowest BCUT2D eigenvalue weighted by Crippen LogP contribution is -2.62. The molecule has 0 spiro atoms. The van der Waals surface area contributed by atoms with Crippen molar-refractivity contribution in [3.05, 3.63) is 10.6 Å². The van der Waals surface area contributed by atoms with Crippen molar-refractivity contribution in [2.24, 2.45) is 35.3 Å². The molecule has 0 aromatic heterocycles. The Labute approximate surface area is 240 Å². The average molecular weight is 577 g/mol. The van der Waals surface area contributed by atoms with E-state index in [1.165, 1.54) is 23.6 Å². The zero-order chi connectivity index (χ0) is 29.5. The van der Waals surface area contributed by atoms with E-state index in [1.54, 1.807) is 0 Å². The standard InChI is InChI=1S/C29H44N4O6S/c1-14(2)8-20(30)22(35)10-18-6-7-32(13-18)27(36)21-11-19(12-31-21)40-26-17(5)24-23(15(3)9-16(4)34)28(37)33(24)25(26)29(38)39/h14-15,17-21,23-24,31H,6-13,30H2,1-5H3,(H,38,39)/t15-,17+,18+,19?,20?,21?,23+,24-/m0/s1. The molecule has 8 atom stereocenters. The molecule has 0 aromatic carbocycles. The van der Waals surface area contributed by atoms with E-state index in [0.717, 1.165) is 6.42 Å². The number of ketones is 2. The maximum Gasteiger partial charge on any atom is 0.353 e. The first-order valence-electron chi connectivity index (χ1n) is 14.6. The van der Waals surface area contributed by atoms with Gasteiger partial charge in [-0.2, -0.15) is 0 Å². The fraction of sp³-hybridized carbons (Fsp3) is 0.759. The number of rotatable bonds is 12. The summed E-state index contributed by atoms with van der Waals surface area (Å²) in [5.41, 5.74) is 6.11. The number of Topliss-reactive ketones (excluding diaryl/α,β-unsaturated/α-hetero) is 2. The average Bonchev–Trinajstić information content (AvgIpc) is 3.56. The van der Waals surface area contributed by atoms with Crippen molar-refractivity contribution >= 4 is 41.1 Å². The molecule has 4 N–H and O–H groups in total. The van der Waals surface area contributed by atoms with Gasteiger partial charge in [0.2, 0.25) is 11.8 Å². The molecule has 2 amide bonds. The van der Waals surface area contributed by atoms with E-state index in [9.17, 15) is 29.1 Å². The zero-order valence-corrected chi connectivity index (χ0v) is 25.0. The molecule has 4 aliphatic rings. The van der Waals surface area contributed by atoms with Crippen molar-refractivity contribution in [2.75, 3.05) is 19.6 Å². The van der Waals surface area contributed by atoms with Gasteiger partial charge in [-0.25, -0.2) is 4.79 Å². The molecule has 0 bridgehead atoms. The highest BCUT2D eigenvalue weighted by Gasteiger charge is 2.60. The highest BCUT2D eigenvalue weighted by Crippen LogP contribution is 2.53. The van der Waals surface area contributed by atoms with Crippen LogP contribution in [0.4, 0.5) is 0 Å². The molecular formula is C29H44N4O6S. The second kappa shape index (κ2) is 12.3. The third-order valence-corrected chi connectivity index (χ3v) is 10.4. The lowest BCUT2D eigenvalue weighted by atomic mass is 9.73. The van der Waals surface area contributed by atoms with Gasteiger partial charge in [0.25, 0.3) is 0 Å². The van der Waals surface area contributed by atoms with Crippen LogP contribution in [-0.2, 0) is 24.0 Å². The second-order valence-corrected chi connectivity index (χ2v) is 14.0. The first kappa shape index (κ1) is 30.7. The number of fused-ring (bicyclic) bond motifs is 1. The van der Waals surface area contributed by atoms with Crippen molar-refractivity contribution in [1.29, 1.82) is 0 Å². The second-order valence-electron chi connectivity index (χ2n) is 12.7. The Bertz CT molecular complexity index is 1090. The van der Waals surface area contributed by atoms with Crippen LogP contribution in [0.3, 0.4) is 0 Å². The summed E-state index contributed by atoms with van der Waals surface area (Å²) in [6.45, 7) is 11.2. The van der Waals surface area contributed by atoms with Crippen LogP contribution in [0.25, 0.3) is 0 Å². The molecule has 3 saturated heterocycles. The van der Waals surface area contributed by atoms with Crippen LogP contribution >= 0.6 is 11.8 Å². The summed E-state index contributed by atoms with van der Waals surface area (Å²) >= 11 is 1.46. The number of thioether (sulfide) groups is 1. The number of nitrogens with two attached hydrogens (primary N) is 1. The van der Waals surface area contributed by atoms with Crippen LogP contribution in [0.1, 0.15) is 66.7 Å². The number of nitrogens with one attached hydrogen (secondary N) is 1. The minimum absolute atomic E-state index is 0.00310. The molecule has 0 radical (unpaired) electrons. The number of likely N-dealkylation sites (tertiary alicyclic amines) is 1. The van der Waals surface area contributed by atoms with E-state index in [2.05, 4.69) is 5.32 Å². The number of nitrogens with zero attached hydrogens (tertiary/aromatic N) is 2. The summed E-state index contributed by atoms with van der Waals surface area (Å²) in [6, 6.07) is -1.06. The maximum absolute atomic E-state index is 13.3. The number of carbonyl (C=O) groups is 5. The zero-order valence-electron chi connectivity index (χ0n) is 24.2. The van der Waals surface area contributed by atoms with E-state index in [-0.39, 0.29) is 70.1 Å². The van der Waals surface area contributed by atoms with E-state index in [1.807, 2.05) is 32.6 Å². The number of carboxylic acid groups (broad SMARTS) is 1. The number of hydrogen-bond acceptors (Lipinski definition) is 8. The van der Waals surface area contributed by atoms with E-state index < -0.39 is 12.0 Å². The smallest absolute Gasteiger partial charge is 0.353 e. The summed E-state index contributed by atoms with van der Waals surface area (Å²) in [6.07, 6.45) is 2.72. The summed E-state index contributed by atoms with van der Waals surface area (Å²) in [5, 5.41) is 13.3. The van der Waals surface area contributed by atoms with Crippen LogP contribution < -0.4 is 11.1 Å². The molecule has 4 aliphatic heterocycles. The van der Waals surface area contributed by atoms with Gasteiger partial charge in [0, 0.05) is 48.5 Å². The minimum atomic E-state index is -1.12. The number of carbonyl (C=O) groups excluding carboxylic acids is 4. The Hall–Kier alpha value is -2.24. The van der Waals surface area contributed by atoms with Crippen LogP contribution in [0.5, 0.6) is 0 Å². The number of carboxylic acids is 1. The molecule has 40 heavy (non-hydrogen) atoms. The molecule has 4 heterocycles. The Kier molecular flexibility index (Phi) is 9.46. The Morgan fingerprint density at radius 1 is 1.20 bits per heavy atom. The SMILES string of the molecule is CC(=O)C[C@H](C)[C@H]1C(=O)N2C(C(=O)O)=C(SC3CNC(C(=O)N4CC[C@H](CC(=O)C(N)CC(C)C)C4)C3)[C@H](C)[C@@H]12. The number of aliphatic carboxylic acids is 1. The van der Waals surface area contributed by atoms with E-state index in [4.69, 9.17) is 5.73 Å². The lowest BCUT2D eigenvalue weighted by molar-refractivity contribution is -0.160. The monoisotopic (exact) mass is 576 g/mol. The largest absolute Gasteiger partial charge is 0.477 e. The van der Waals surface area contributed by atoms with E-state index >= 15 is 0 Å². The predicted octanol–water partition coefficient (Wildman–Crippen LogP) is 2.02. The van der Waals surface area contributed by atoms with Gasteiger partial charge in [-0.3, -0.25) is 14.4 Å². The molecule has 222 valence electrons. The Morgan fingerprint density at radius 3 is 2.52 bits per heavy atom. The van der Waals surface area contributed by atoms with Crippen LogP contribution in [0.15, 0.2) is 10.6 Å². The van der Waals surface area contributed by atoms with Crippen LogP contribution in [-0.4, -0.2) is 87.3 Å². The molecule has 11 heteroatoms. The normalized spacial score (nSPS) is 31.4. The topological polar surface area (TPSA) is 150 Å². The van der Waals surface area contributed by atoms with Gasteiger partial charge >= 0.3 is 5.97 Å². The fourth-order valence-electron chi connectivity index (χ4n) is 7.00. The predicted molar refractivity (Wildman–Crippen MR) is 152 cm³/mol. The number of hydrogen-bond donors (Lipinski definition) is 3. The first-order chi connectivity index (χ1) is 18.8. The summed E-state index contributed by atoms with van der Waals surface area (Å²) in [4.78, 5) is 66.7. The third-order valence-electron chi connectivity index (χ3n) is 8.92. The summed E-state index contributed by atoms with van der Waals surface area (Å²) in [5.74, 6) is -1.40. The van der Waals surface area contributed by atoms with Gasteiger partial charge in [-0.05, 0) is 43.9 Å². The number of amides is 2. The Balaban J connectivity index is 1.34. The van der Waals surface area contributed by atoms with Gasteiger partial charge in [-0.15, -0.1) is 11.8 Å². The molecule has 0 aromatic rings. The third kappa shape index (κ3) is 6.16. The maximum atomic E-state index is 13.3. The number of β-lactam (4-membered cyclic amide) rings is 1. The van der Waals surface area contributed by atoms with Crippen molar-refractivity contribution in [3.63, 3.8) is 0 Å². The fourth-order valence-corrected chi connectivity index (χ4v) is 8.48. The minimum Gasteiger partial charge on any atom is -0.477 e. The molecule has 3 fully saturated rings. The first-order valence-corrected chi connectivity index (χ1v) is 15.4. The highest BCUT2D eigenvalue weighted by molar-refractivity contribution is 8.03. The molecule has 10 nitrogen and oxygen atoms in total. The highest BCUT2D eigenvalue weighted by atomic mass is 32.2. The molecule has 4 rings (SSSR count). The van der Waals surface area contributed by atoms with Crippen molar-refractivity contribution < 1.29 is 29.1 Å². The quantitative estimate of drug-likeness (QED) is 0.297. The van der Waals surface area contributed by atoms with Crippen molar-refractivity contribution in [3.8, 4) is 0 Å². The van der Waals surface area contributed by atoms with Gasteiger partial charge in [-0.1, -0.05) is 27.7 Å². The van der Waals surface area contributed by atoms with Crippen LogP contribution in [0.2, 0.25) is 0 Å². The molecule has 0 aliphatic carbocycles. The van der Waals surface area contributed by atoms with E-state index in [0.29, 0.717) is 56.1 Å². The Morgan fingerprint density at radius 2 is 1.90 bits per heavy atom. The van der Waals surface area contributed by atoms with Gasteiger partial charge in [0.1, 0.15) is 17.3 Å². The lowest BCUT2D eigenvalue weighted by Gasteiger charge is -2.47. The van der Waals surface area contributed by atoms with Crippen molar-refractivity contribution in [1.82, 2.24) is 15.1 Å². The van der Waals surface area contributed by atoms with Crippen LogP contribution in [0, 0.1) is 29.6 Å². The summed E-state index contributed by atoms with van der Waals surface area (Å²) < 4.78 is 0. The molecule has 0 saturated carbocycles. The van der Waals surface area contributed by atoms with Crippen molar-refractivity contribution in [2.45, 2.75) is 90.1 Å². The van der Waals surface area contributed by atoms with Gasteiger partial charge < -0.3 is 30.8 Å².